The molecule has 1 aliphatic carbocycles. The highest BCUT2D eigenvalue weighted by Crippen LogP contribution is 2.25. The molecule has 2 rings (SSSR count). The lowest BCUT2D eigenvalue weighted by molar-refractivity contribution is -0.142. The molecule has 1 fully saturated rings. The molecule has 0 saturated heterocycles. The van der Waals surface area contributed by atoms with Crippen molar-refractivity contribution in [2.24, 2.45) is 5.92 Å². The predicted octanol–water partition coefficient (Wildman–Crippen LogP) is 0.308. The number of aromatic nitrogens is 3. The quantitative estimate of drug-likeness (QED) is 0.717. The van der Waals surface area contributed by atoms with E-state index in [4.69, 9.17) is 5.11 Å². The van der Waals surface area contributed by atoms with Crippen LogP contribution in [0.5, 0.6) is 0 Å². The van der Waals surface area contributed by atoms with Gasteiger partial charge in [-0.3, -0.25) is 10.1 Å². The van der Waals surface area contributed by atoms with Crippen molar-refractivity contribution in [2.75, 3.05) is 5.32 Å². The summed E-state index contributed by atoms with van der Waals surface area (Å²) in [6, 6.07) is -0.796. The molecule has 0 radical (unpaired) electrons. The van der Waals surface area contributed by atoms with E-state index in [0.29, 0.717) is 12.8 Å². The van der Waals surface area contributed by atoms with E-state index >= 15 is 0 Å². The molecule has 1 heterocycles. The summed E-state index contributed by atoms with van der Waals surface area (Å²) in [7, 11) is 0. The van der Waals surface area contributed by atoms with E-state index in [1.54, 1.807) is 0 Å². The van der Waals surface area contributed by atoms with Crippen LogP contribution in [0.4, 0.5) is 9.93 Å². The summed E-state index contributed by atoms with van der Waals surface area (Å²) in [6.07, 6.45) is 2.08. The fourth-order valence-electron chi connectivity index (χ4n) is 1.91. The first-order valence-electron chi connectivity index (χ1n) is 5.12. The maximum absolute atomic E-state index is 11.5. The minimum atomic E-state index is -0.870. The number of nitrogens with zero attached hydrogens (tertiary/aromatic N) is 3. The Hall–Kier alpha value is -1.77. The van der Waals surface area contributed by atoms with Crippen molar-refractivity contribution in [1.29, 1.82) is 0 Å². The van der Waals surface area contributed by atoms with Gasteiger partial charge in [-0.1, -0.05) is 16.0 Å². The average molecular weight is 257 g/mol. The van der Waals surface area contributed by atoms with Gasteiger partial charge in [0.15, 0.2) is 0 Å². The van der Waals surface area contributed by atoms with E-state index < -0.39 is 17.9 Å². The van der Waals surface area contributed by atoms with Crippen LogP contribution in [0.15, 0.2) is 0 Å². The number of nitrogens with one attached hydrogen (secondary N) is 2. The number of carbonyl (C=O) groups excluding carboxylic acids is 1. The topological polar surface area (TPSA) is 117 Å². The van der Waals surface area contributed by atoms with Crippen LogP contribution in [0.3, 0.4) is 0 Å². The molecule has 0 aliphatic heterocycles. The molecule has 2 unspecified atom stereocenters. The number of hydrogen-bond acceptors (Lipinski definition) is 6. The number of hydrogen-bond donors (Lipinski definition) is 3. The van der Waals surface area contributed by atoms with Gasteiger partial charge in [0.25, 0.3) is 0 Å². The Morgan fingerprint density at radius 2 is 2.24 bits per heavy atom. The first kappa shape index (κ1) is 11.7. The average Bonchev–Trinajstić information content (AvgIpc) is 2.88. The van der Waals surface area contributed by atoms with Gasteiger partial charge >= 0.3 is 12.0 Å². The van der Waals surface area contributed by atoms with Crippen molar-refractivity contribution >= 4 is 28.7 Å². The Bertz CT molecular complexity index is 409. The first-order chi connectivity index (χ1) is 8.16. The van der Waals surface area contributed by atoms with Crippen molar-refractivity contribution in [3.05, 3.63) is 0 Å². The van der Waals surface area contributed by atoms with Gasteiger partial charge in [-0.2, -0.15) is 0 Å². The fourth-order valence-corrected chi connectivity index (χ4v) is 2.27. The van der Waals surface area contributed by atoms with Gasteiger partial charge in [0.05, 0.1) is 5.92 Å². The summed E-state index contributed by atoms with van der Waals surface area (Å²) in [5.41, 5.74) is 0. The smallest absolute Gasteiger partial charge is 0.321 e. The van der Waals surface area contributed by atoms with E-state index in [0.717, 1.165) is 18.0 Å². The maximum Gasteiger partial charge on any atom is 0.321 e. The lowest BCUT2D eigenvalue weighted by Crippen LogP contribution is -2.42. The summed E-state index contributed by atoms with van der Waals surface area (Å²) in [4.78, 5) is 22.4. The van der Waals surface area contributed by atoms with E-state index in [2.05, 4.69) is 25.4 Å². The Morgan fingerprint density at radius 3 is 2.88 bits per heavy atom. The highest BCUT2D eigenvalue weighted by molar-refractivity contribution is 7.09. The molecule has 9 heteroatoms. The molecule has 0 bridgehead atoms. The van der Waals surface area contributed by atoms with Gasteiger partial charge in [0.1, 0.15) is 0 Å². The zero-order valence-corrected chi connectivity index (χ0v) is 9.61. The highest BCUT2D eigenvalue weighted by atomic mass is 32.1. The minimum absolute atomic E-state index is 0.285. The van der Waals surface area contributed by atoms with Crippen LogP contribution in [-0.4, -0.2) is 37.9 Å². The second-order valence-corrected chi connectivity index (χ2v) is 4.48. The SMILES string of the molecule is O=C(Nc1nnns1)NC1CCCC1C(=O)O. The Kier molecular flexibility index (Phi) is 3.47. The van der Waals surface area contributed by atoms with Crippen molar-refractivity contribution < 1.29 is 14.7 Å². The fraction of sp³-hybridized carbons (Fsp3) is 0.625. The van der Waals surface area contributed by atoms with Crippen LogP contribution >= 0.6 is 11.5 Å². The number of rotatable bonds is 3. The molecule has 0 aromatic carbocycles. The molecule has 3 N–H and O–H groups in total. The molecule has 1 aromatic heterocycles. The second-order valence-electron chi connectivity index (χ2n) is 3.75. The second kappa shape index (κ2) is 5.04. The number of amides is 2. The number of anilines is 1. The zero-order valence-electron chi connectivity index (χ0n) is 8.79. The van der Waals surface area contributed by atoms with Crippen LogP contribution in [0.1, 0.15) is 19.3 Å². The van der Waals surface area contributed by atoms with Gasteiger partial charge in [-0.15, -0.1) is 0 Å². The number of carboxylic acids is 1. The van der Waals surface area contributed by atoms with E-state index in [9.17, 15) is 9.59 Å². The van der Waals surface area contributed by atoms with Crippen LogP contribution < -0.4 is 10.6 Å². The molecule has 1 aliphatic rings. The van der Waals surface area contributed by atoms with E-state index in [1.165, 1.54) is 0 Å². The Morgan fingerprint density at radius 1 is 1.41 bits per heavy atom. The minimum Gasteiger partial charge on any atom is -0.481 e. The molecule has 0 spiro atoms. The Balaban J connectivity index is 1.88. The third-order valence-corrected chi connectivity index (χ3v) is 3.18. The molecule has 2 atom stereocenters. The predicted molar refractivity (Wildman–Crippen MR) is 58.6 cm³/mol. The van der Waals surface area contributed by atoms with Gasteiger partial charge in [-0.25, -0.2) is 4.79 Å². The molecule has 1 aromatic rings. The third-order valence-electron chi connectivity index (χ3n) is 2.67. The van der Waals surface area contributed by atoms with Crippen molar-refractivity contribution in [3.8, 4) is 0 Å². The summed E-state index contributed by atoms with van der Waals surface area (Å²) in [6.45, 7) is 0. The standard InChI is InChI=1S/C8H11N5O3S/c14-6(15)4-2-1-3-5(4)9-7(16)10-8-11-12-13-17-8/h4-5H,1-3H2,(H,14,15)(H2,9,10,11,13,16). The normalized spacial score (nSPS) is 23.3. The van der Waals surface area contributed by atoms with Crippen LogP contribution in [0.2, 0.25) is 0 Å². The lowest BCUT2D eigenvalue weighted by Gasteiger charge is -2.17. The lowest BCUT2D eigenvalue weighted by atomic mass is 10.0. The number of aliphatic carboxylic acids is 1. The van der Waals surface area contributed by atoms with Crippen molar-refractivity contribution in [1.82, 2.24) is 20.1 Å². The molecular formula is C8H11N5O3S. The monoisotopic (exact) mass is 257 g/mol. The van der Waals surface area contributed by atoms with E-state index in [1.807, 2.05) is 0 Å². The maximum atomic E-state index is 11.5. The molecular weight excluding hydrogens is 246 g/mol. The molecule has 92 valence electrons. The largest absolute Gasteiger partial charge is 0.481 e. The summed E-state index contributed by atoms with van der Waals surface area (Å²) < 4.78 is 3.49. The summed E-state index contributed by atoms with van der Waals surface area (Å²) in [5.74, 6) is -1.38. The molecule has 2 amide bonds. The van der Waals surface area contributed by atoms with Gasteiger partial charge in [-0.05, 0) is 18.1 Å². The third kappa shape index (κ3) is 2.87. The zero-order chi connectivity index (χ0) is 12.3. The van der Waals surface area contributed by atoms with E-state index in [-0.39, 0.29) is 11.2 Å². The molecule has 8 nitrogen and oxygen atoms in total. The molecule has 17 heavy (non-hydrogen) atoms. The number of carbonyl (C=O) groups is 2. The number of carboxylic acid groups (broad SMARTS) is 1. The van der Waals surface area contributed by atoms with Crippen LogP contribution in [-0.2, 0) is 4.79 Å². The van der Waals surface area contributed by atoms with Gasteiger partial charge in [0.2, 0.25) is 5.13 Å². The highest BCUT2D eigenvalue weighted by Gasteiger charge is 2.33. The van der Waals surface area contributed by atoms with Crippen LogP contribution in [0.25, 0.3) is 0 Å². The number of urea groups is 1. The van der Waals surface area contributed by atoms with Gasteiger partial charge < -0.3 is 10.4 Å². The van der Waals surface area contributed by atoms with Crippen LogP contribution in [0, 0.1) is 5.92 Å². The summed E-state index contributed by atoms with van der Waals surface area (Å²) >= 11 is 0.956. The van der Waals surface area contributed by atoms with Gasteiger partial charge in [0, 0.05) is 17.6 Å². The Labute approximate surface area is 101 Å². The molecule has 1 saturated carbocycles. The van der Waals surface area contributed by atoms with Crippen molar-refractivity contribution in [3.63, 3.8) is 0 Å². The first-order valence-corrected chi connectivity index (χ1v) is 5.89. The summed E-state index contributed by atoms with van der Waals surface area (Å²) in [5, 5.41) is 21.2. The van der Waals surface area contributed by atoms with Crippen molar-refractivity contribution in [2.45, 2.75) is 25.3 Å².